The molecule has 1 aliphatic rings. The average molecular weight is 418 g/mol. The van der Waals surface area contributed by atoms with Gasteiger partial charge in [0.1, 0.15) is 5.75 Å². The molecule has 152 valence electrons. The normalized spacial score (nSPS) is 18.1. The fraction of sp³-hybridized carbons (Fsp3) is 0.208. The molecule has 0 N–H and O–H groups in total. The van der Waals surface area contributed by atoms with E-state index in [1.165, 1.54) is 11.8 Å². The van der Waals surface area contributed by atoms with Gasteiger partial charge in [-0.3, -0.25) is 9.69 Å². The molecule has 1 atom stereocenters. The Kier molecular flexibility index (Phi) is 6.14. The predicted molar refractivity (Wildman–Crippen MR) is 124 cm³/mol. The first-order valence-electron chi connectivity index (χ1n) is 9.89. The van der Waals surface area contributed by atoms with Crippen LogP contribution in [0.4, 0.5) is 0 Å². The van der Waals surface area contributed by atoms with Crippen molar-refractivity contribution in [2.24, 2.45) is 10.2 Å². The summed E-state index contributed by atoms with van der Waals surface area (Å²) in [6.45, 7) is 2.48. The van der Waals surface area contributed by atoms with E-state index in [1.54, 1.807) is 18.2 Å². The molecule has 1 fully saturated rings. The first kappa shape index (κ1) is 20.2. The van der Waals surface area contributed by atoms with E-state index in [2.05, 4.69) is 28.4 Å². The summed E-state index contributed by atoms with van der Waals surface area (Å²) in [6.07, 6.45) is 2.51. The van der Waals surface area contributed by atoms with Crippen LogP contribution in [-0.4, -0.2) is 34.5 Å². The number of nitrogens with zero attached hydrogens (tertiary/aromatic N) is 3. The van der Waals surface area contributed by atoms with Crippen molar-refractivity contribution in [1.82, 2.24) is 4.90 Å². The van der Waals surface area contributed by atoms with Gasteiger partial charge in [-0.15, -0.1) is 5.10 Å². The molecule has 5 nitrogen and oxygen atoms in total. The standard InChI is InChI=1S/C24H23N3O2S/c1-3-22-23(28)27(16-17-11-13-20(29-2)14-12-17)24(30-22)26-25-15-19-9-6-8-18-7-4-5-10-21(18)19/h4-15,22H,3,16H2,1-2H3. The van der Waals surface area contributed by atoms with E-state index in [1.807, 2.05) is 55.5 Å². The molecule has 0 aliphatic carbocycles. The number of ether oxygens (including phenoxy) is 1. The maximum atomic E-state index is 12.8. The van der Waals surface area contributed by atoms with Crippen LogP contribution in [-0.2, 0) is 11.3 Å². The van der Waals surface area contributed by atoms with Gasteiger partial charge in [-0.05, 0) is 34.9 Å². The van der Waals surface area contributed by atoms with Crippen LogP contribution >= 0.6 is 11.8 Å². The molecular weight excluding hydrogens is 394 g/mol. The van der Waals surface area contributed by atoms with Crippen molar-refractivity contribution >= 4 is 39.8 Å². The molecular formula is C24H23N3O2S. The number of amides is 1. The second-order valence-corrected chi connectivity index (χ2v) is 8.15. The number of fused-ring (bicyclic) bond motifs is 1. The third-order valence-electron chi connectivity index (χ3n) is 5.05. The number of carbonyl (C=O) groups is 1. The number of thioether (sulfide) groups is 1. The summed E-state index contributed by atoms with van der Waals surface area (Å²) in [4.78, 5) is 14.6. The quantitative estimate of drug-likeness (QED) is 0.415. The number of hydrogen-bond donors (Lipinski definition) is 0. The Hall–Kier alpha value is -3.12. The zero-order valence-corrected chi connectivity index (χ0v) is 17.8. The van der Waals surface area contributed by atoms with Gasteiger partial charge in [-0.1, -0.05) is 73.3 Å². The Morgan fingerprint density at radius 2 is 1.83 bits per heavy atom. The van der Waals surface area contributed by atoms with Gasteiger partial charge >= 0.3 is 0 Å². The van der Waals surface area contributed by atoms with Crippen LogP contribution in [0.15, 0.2) is 76.9 Å². The van der Waals surface area contributed by atoms with Crippen LogP contribution in [0.25, 0.3) is 10.8 Å². The predicted octanol–water partition coefficient (Wildman–Crippen LogP) is 5.09. The lowest BCUT2D eigenvalue weighted by atomic mass is 10.1. The smallest absolute Gasteiger partial charge is 0.242 e. The van der Waals surface area contributed by atoms with Gasteiger partial charge in [0.2, 0.25) is 5.91 Å². The SMILES string of the molecule is CCC1SC(=NN=Cc2cccc3ccccc23)N(Cc2ccc(OC)cc2)C1=O. The number of hydrogen-bond acceptors (Lipinski definition) is 5. The van der Waals surface area contributed by atoms with Crippen molar-refractivity contribution in [2.45, 2.75) is 25.1 Å². The summed E-state index contributed by atoms with van der Waals surface area (Å²) >= 11 is 1.48. The van der Waals surface area contributed by atoms with Crippen LogP contribution in [0.3, 0.4) is 0 Å². The molecule has 1 unspecified atom stereocenters. The van der Waals surface area contributed by atoms with Gasteiger partial charge < -0.3 is 4.74 Å². The molecule has 1 heterocycles. The Labute approximate surface area is 180 Å². The van der Waals surface area contributed by atoms with E-state index in [0.29, 0.717) is 11.7 Å². The molecule has 3 aromatic rings. The van der Waals surface area contributed by atoms with Gasteiger partial charge in [0, 0.05) is 5.56 Å². The molecule has 0 aromatic heterocycles. The number of benzene rings is 3. The van der Waals surface area contributed by atoms with Gasteiger partial charge in [0.15, 0.2) is 5.17 Å². The van der Waals surface area contributed by atoms with E-state index in [0.717, 1.165) is 34.1 Å². The Bertz CT molecular complexity index is 1100. The second-order valence-electron chi connectivity index (χ2n) is 6.98. The number of rotatable bonds is 6. The summed E-state index contributed by atoms with van der Waals surface area (Å²) < 4.78 is 5.21. The van der Waals surface area contributed by atoms with E-state index >= 15 is 0 Å². The molecule has 1 amide bonds. The zero-order chi connectivity index (χ0) is 20.9. The molecule has 6 heteroatoms. The minimum Gasteiger partial charge on any atom is -0.497 e. The molecule has 4 rings (SSSR count). The van der Waals surface area contributed by atoms with E-state index < -0.39 is 0 Å². The van der Waals surface area contributed by atoms with Crippen molar-refractivity contribution in [3.63, 3.8) is 0 Å². The fourth-order valence-electron chi connectivity index (χ4n) is 3.41. The monoisotopic (exact) mass is 417 g/mol. The molecule has 0 saturated carbocycles. The summed E-state index contributed by atoms with van der Waals surface area (Å²) in [6, 6.07) is 22.0. The lowest BCUT2D eigenvalue weighted by Gasteiger charge is -2.16. The highest BCUT2D eigenvalue weighted by molar-refractivity contribution is 8.15. The molecule has 0 radical (unpaired) electrons. The summed E-state index contributed by atoms with van der Waals surface area (Å²) in [5.74, 6) is 0.873. The highest BCUT2D eigenvalue weighted by Crippen LogP contribution is 2.31. The summed E-state index contributed by atoms with van der Waals surface area (Å²) in [5, 5.41) is 11.5. The van der Waals surface area contributed by atoms with Crippen LogP contribution in [0, 0.1) is 0 Å². The fourth-order valence-corrected chi connectivity index (χ4v) is 4.43. The van der Waals surface area contributed by atoms with E-state index in [9.17, 15) is 4.79 Å². The third kappa shape index (κ3) is 4.24. The highest BCUT2D eigenvalue weighted by Gasteiger charge is 2.36. The summed E-state index contributed by atoms with van der Waals surface area (Å²) in [7, 11) is 1.64. The third-order valence-corrected chi connectivity index (χ3v) is 6.39. The Morgan fingerprint density at radius 3 is 2.60 bits per heavy atom. The van der Waals surface area contributed by atoms with Gasteiger partial charge in [-0.2, -0.15) is 5.10 Å². The van der Waals surface area contributed by atoms with E-state index in [4.69, 9.17) is 4.74 Å². The van der Waals surface area contributed by atoms with Crippen molar-refractivity contribution in [3.05, 3.63) is 77.9 Å². The summed E-state index contributed by atoms with van der Waals surface area (Å²) in [5.41, 5.74) is 2.02. The van der Waals surface area contributed by atoms with E-state index in [-0.39, 0.29) is 11.2 Å². The van der Waals surface area contributed by atoms with Gasteiger partial charge in [0.05, 0.1) is 25.1 Å². The molecule has 1 aliphatic heterocycles. The maximum Gasteiger partial charge on any atom is 0.242 e. The lowest BCUT2D eigenvalue weighted by Crippen LogP contribution is -2.31. The van der Waals surface area contributed by atoms with Crippen LogP contribution < -0.4 is 4.74 Å². The van der Waals surface area contributed by atoms with Gasteiger partial charge in [-0.25, -0.2) is 0 Å². The lowest BCUT2D eigenvalue weighted by molar-refractivity contribution is -0.126. The van der Waals surface area contributed by atoms with Crippen LogP contribution in [0.1, 0.15) is 24.5 Å². The zero-order valence-electron chi connectivity index (χ0n) is 17.0. The molecule has 3 aromatic carbocycles. The largest absolute Gasteiger partial charge is 0.497 e. The van der Waals surface area contributed by atoms with Crippen LogP contribution in [0.2, 0.25) is 0 Å². The van der Waals surface area contributed by atoms with Crippen molar-refractivity contribution in [2.75, 3.05) is 7.11 Å². The Morgan fingerprint density at radius 1 is 1.07 bits per heavy atom. The van der Waals surface area contributed by atoms with Crippen molar-refractivity contribution in [1.29, 1.82) is 0 Å². The van der Waals surface area contributed by atoms with Crippen molar-refractivity contribution in [3.8, 4) is 5.75 Å². The van der Waals surface area contributed by atoms with Crippen LogP contribution in [0.5, 0.6) is 5.75 Å². The number of carbonyl (C=O) groups excluding carboxylic acids is 1. The maximum absolute atomic E-state index is 12.8. The molecule has 0 bridgehead atoms. The Balaban J connectivity index is 1.58. The second kappa shape index (κ2) is 9.13. The van der Waals surface area contributed by atoms with Gasteiger partial charge in [0.25, 0.3) is 0 Å². The molecule has 0 spiro atoms. The topological polar surface area (TPSA) is 54.3 Å². The minimum absolute atomic E-state index is 0.0810. The minimum atomic E-state index is -0.116. The first-order valence-corrected chi connectivity index (χ1v) is 10.8. The number of amidine groups is 1. The highest BCUT2D eigenvalue weighted by atomic mass is 32.2. The van der Waals surface area contributed by atoms with Crippen molar-refractivity contribution < 1.29 is 9.53 Å². The number of methoxy groups -OCH3 is 1. The first-order chi connectivity index (χ1) is 14.7. The average Bonchev–Trinajstić information content (AvgIpc) is 3.09. The molecule has 1 saturated heterocycles. The molecule has 30 heavy (non-hydrogen) atoms.